The summed E-state index contributed by atoms with van der Waals surface area (Å²) in [4.78, 5) is 14.0. The van der Waals surface area contributed by atoms with E-state index in [2.05, 4.69) is 29.7 Å². The highest BCUT2D eigenvalue weighted by Crippen LogP contribution is 2.47. The van der Waals surface area contributed by atoms with Gasteiger partial charge in [-0.3, -0.25) is 5.10 Å². The fourth-order valence-corrected chi connectivity index (χ4v) is 4.60. The molecule has 0 bridgehead atoms. The average molecular weight is 445 g/mol. The van der Waals surface area contributed by atoms with Crippen molar-refractivity contribution in [2.24, 2.45) is 0 Å². The summed E-state index contributed by atoms with van der Waals surface area (Å²) in [5.74, 6) is 0.405. The third-order valence-electron chi connectivity index (χ3n) is 4.62. The number of H-pyrrole nitrogens is 1. The van der Waals surface area contributed by atoms with Crippen molar-refractivity contribution >= 4 is 22.9 Å². The van der Waals surface area contributed by atoms with Gasteiger partial charge < -0.3 is 8.94 Å². The summed E-state index contributed by atoms with van der Waals surface area (Å²) < 4.78 is 15.5. The largest absolute Gasteiger partial charge is 0.444 e. The molecule has 11 heteroatoms. The molecule has 0 atom stereocenters. The van der Waals surface area contributed by atoms with Crippen molar-refractivity contribution in [3.05, 3.63) is 60.1 Å². The molecule has 9 nitrogen and oxygen atoms in total. The molecule has 0 aliphatic rings. The first kappa shape index (κ1) is 17.9. The molecule has 0 aliphatic heterocycles. The van der Waals surface area contributed by atoms with E-state index in [-0.39, 0.29) is 0 Å². The van der Waals surface area contributed by atoms with Crippen molar-refractivity contribution in [3.63, 3.8) is 0 Å². The minimum Gasteiger partial charge on any atom is -0.444 e. The number of aromatic amines is 1. The monoisotopic (exact) mass is 445 g/mol. The zero-order valence-corrected chi connectivity index (χ0v) is 17.2. The highest BCUT2D eigenvalue weighted by Gasteiger charge is 2.30. The molecule has 0 radical (unpaired) electrons. The maximum atomic E-state index is 5.73. The number of nitrogens with one attached hydrogen (secondary N) is 1. The Kier molecular flexibility index (Phi) is 4.25. The molecule has 0 fully saturated rings. The first-order valence-electron chi connectivity index (χ1n) is 9.09. The summed E-state index contributed by atoms with van der Waals surface area (Å²) in [6.45, 7) is 0. The van der Waals surface area contributed by atoms with Crippen molar-refractivity contribution in [1.82, 2.24) is 34.7 Å². The van der Waals surface area contributed by atoms with Crippen LogP contribution in [0.4, 0.5) is 0 Å². The molecule has 6 heterocycles. The van der Waals surface area contributed by atoms with Gasteiger partial charge in [-0.1, -0.05) is 5.16 Å². The number of aromatic nitrogens is 7. The molecular weight excluding hydrogens is 434 g/mol. The second-order valence-corrected chi connectivity index (χ2v) is 7.91. The normalized spacial score (nSPS) is 11.2. The second kappa shape index (κ2) is 7.38. The highest BCUT2D eigenvalue weighted by molar-refractivity contribution is 7.13. The van der Waals surface area contributed by atoms with Crippen LogP contribution in [0.2, 0.25) is 0 Å². The summed E-state index contributed by atoms with van der Waals surface area (Å²) in [6.07, 6.45) is 8.07. The van der Waals surface area contributed by atoms with E-state index in [9.17, 15) is 0 Å². The quantitative estimate of drug-likeness (QED) is 0.392. The number of rotatable bonds is 5. The van der Waals surface area contributed by atoms with Crippen LogP contribution in [-0.4, -0.2) is 34.7 Å². The third-order valence-corrected chi connectivity index (χ3v) is 5.97. The van der Waals surface area contributed by atoms with Gasteiger partial charge >= 0.3 is 0 Å². The first-order valence-corrected chi connectivity index (χ1v) is 10.8. The van der Waals surface area contributed by atoms with Crippen molar-refractivity contribution in [2.75, 3.05) is 0 Å². The van der Waals surface area contributed by atoms with E-state index in [0.717, 1.165) is 27.5 Å². The van der Waals surface area contributed by atoms with Gasteiger partial charge in [-0.05, 0) is 23.7 Å². The molecule has 31 heavy (non-hydrogen) atoms. The Morgan fingerprint density at radius 1 is 0.839 bits per heavy atom. The van der Waals surface area contributed by atoms with Gasteiger partial charge in [0.15, 0.2) is 0 Å². The lowest BCUT2D eigenvalue weighted by atomic mass is 9.93. The van der Waals surface area contributed by atoms with Gasteiger partial charge in [0.05, 0.1) is 28.8 Å². The minimum absolute atomic E-state index is 0.405. The van der Waals surface area contributed by atoms with Crippen LogP contribution in [0, 0.1) is 0 Å². The van der Waals surface area contributed by atoms with Crippen LogP contribution in [-0.2, 0) is 0 Å². The number of pyridine rings is 1. The summed E-state index contributed by atoms with van der Waals surface area (Å²) in [5.41, 5.74) is 5.56. The maximum Gasteiger partial charge on any atom is 0.228 e. The van der Waals surface area contributed by atoms with Crippen molar-refractivity contribution in [1.29, 1.82) is 0 Å². The molecule has 1 N–H and O–H groups in total. The van der Waals surface area contributed by atoms with Crippen molar-refractivity contribution < 1.29 is 8.94 Å². The molecule has 6 aromatic rings. The predicted octanol–water partition coefficient (Wildman–Crippen LogP) is 5.03. The molecule has 0 aromatic carbocycles. The smallest absolute Gasteiger partial charge is 0.228 e. The number of hydrogen-bond acceptors (Lipinski definition) is 10. The first-order chi connectivity index (χ1) is 15.4. The van der Waals surface area contributed by atoms with Crippen LogP contribution >= 0.6 is 22.9 Å². The van der Waals surface area contributed by atoms with E-state index in [1.807, 2.05) is 22.9 Å². The molecular formula is C20H11N7O2S2. The number of hydrogen-bond donors (Lipinski definition) is 1. The Labute approximate surface area is 182 Å². The van der Waals surface area contributed by atoms with E-state index in [0.29, 0.717) is 28.5 Å². The van der Waals surface area contributed by atoms with E-state index in [4.69, 9.17) is 13.9 Å². The van der Waals surface area contributed by atoms with E-state index < -0.39 is 0 Å². The molecule has 0 aliphatic carbocycles. The Bertz CT molecular complexity index is 1320. The molecule has 6 aromatic heterocycles. The average Bonchev–Trinajstić information content (AvgIpc) is 3.65. The van der Waals surface area contributed by atoms with E-state index >= 15 is 0 Å². The second-order valence-electron chi connectivity index (χ2n) is 6.35. The Hall–Kier alpha value is -3.96. The molecule has 6 rings (SSSR count). The minimum atomic E-state index is 0.405. The van der Waals surface area contributed by atoms with Crippen molar-refractivity contribution in [2.45, 2.75) is 0 Å². The Morgan fingerprint density at radius 3 is 2.52 bits per heavy atom. The van der Waals surface area contributed by atoms with Crippen LogP contribution in [0.5, 0.6) is 0 Å². The van der Waals surface area contributed by atoms with Gasteiger partial charge in [-0.25, -0.2) is 15.0 Å². The van der Waals surface area contributed by atoms with Crippen molar-refractivity contribution in [3.8, 4) is 56.1 Å². The van der Waals surface area contributed by atoms with Gasteiger partial charge in [-0.2, -0.15) is 9.47 Å². The summed E-state index contributed by atoms with van der Waals surface area (Å²) >= 11 is 2.87. The lowest BCUT2D eigenvalue weighted by Gasteiger charge is -2.17. The molecule has 0 spiro atoms. The maximum absolute atomic E-state index is 5.73. The SMILES string of the molecule is c1cc(-c2nc(-c3ccon3)c(-c3ncco3)c(-c3ccsn3)c2-c2nccs2)[nH]n1. The van der Waals surface area contributed by atoms with Gasteiger partial charge in [0, 0.05) is 40.3 Å². The van der Waals surface area contributed by atoms with E-state index in [1.165, 1.54) is 35.4 Å². The third kappa shape index (κ3) is 2.98. The summed E-state index contributed by atoms with van der Waals surface area (Å²) in [6, 6.07) is 5.56. The zero-order chi connectivity index (χ0) is 20.6. The topological polar surface area (TPSA) is 119 Å². The van der Waals surface area contributed by atoms with Crippen LogP contribution in [0.1, 0.15) is 0 Å². The van der Waals surface area contributed by atoms with Crippen LogP contribution in [0.3, 0.4) is 0 Å². The van der Waals surface area contributed by atoms with Gasteiger partial charge in [0.25, 0.3) is 0 Å². The van der Waals surface area contributed by atoms with Crippen LogP contribution in [0.15, 0.2) is 69.0 Å². The Morgan fingerprint density at radius 2 is 1.84 bits per heavy atom. The fraction of sp³-hybridized carbons (Fsp3) is 0. The molecule has 0 amide bonds. The molecule has 0 unspecified atom stereocenters. The fourth-order valence-electron chi connectivity index (χ4n) is 3.40. The molecule has 0 saturated carbocycles. The van der Waals surface area contributed by atoms with Crippen LogP contribution in [0.25, 0.3) is 56.1 Å². The summed E-state index contributed by atoms with van der Waals surface area (Å²) in [5, 5.41) is 15.9. The molecule has 0 saturated heterocycles. The summed E-state index contributed by atoms with van der Waals surface area (Å²) in [7, 11) is 0. The number of nitrogens with zero attached hydrogens (tertiary/aromatic N) is 6. The van der Waals surface area contributed by atoms with Gasteiger partial charge in [-0.15, -0.1) is 11.3 Å². The zero-order valence-electron chi connectivity index (χ0n) is 15.6. The van der Waals surface area contributed by atoms with Gasteiger partial charge in [0.1, 0.15) is 28.9 Å². The predicted molar refractivity (Wildman–Crippen MR) is 115 cm³/mol. The van der Waals surface area contributed by atoms with E-state index in [1.54, 1.807) is 24.7 Å². The highest BCUT2D eigenvalue weighted by atomic mass is 32.1. The Balaban J connectivity index is 1.82. The van der Waals surface area contributed by atoms with Crippen LogP contribution < -0.4 is 0 Å². The number of oxazole rings is 1. The standard InChI is InChI=1S/C20H11N7O2S2/c1-4-23-25-12(1)17-16(20-22-6-10-30-20)14(11-3-9-31-27-11)15(19-21-5-8-28-19)18(24-17)13-2-7-29-26-13/h1-10H,(H,23,25). The lowest BCUT2D eigenvalue weighted by molar-refractivity contribution is 0.422. The number of thiazole rings is 1. The van der Waals surface area contributed by atoms with Gasteiger partial charge in [0.2, 0.25) is 5.89 Å². The lowest BCUT2D eigenvalue weighted by Crippen LogP contribution is -2.02. The molecule has 150 valence electrons.